The molecule has 8 nitrogen and oxygen atoms in total. The summed E-state index contributed by atoms with van der Waals surface area (Å²) in [6.07, 6.45) is 4.11. The smallest absolute Gasteiger partial charge is 0.359 e. The SMILES string of the molecule is CC(C)[C@@H](NC(=O)COC(=O)c1cnccn1)c1ccc2c(c1)OCCO2. The number of amides is 1. The summed E-state index contributed by atoms with van der Waals surface area (Å²) in [6.45, 7) is 4.60. The molecule has 0 radical (unpaired) electrons. The molecule has 1 N–H and O–H groups in total. The Balaban J connectivity index is 1.62. The molecule has 1 aliphatic rings. The highest BCUT2D eigenvalue weighted by molar-refractivity contribution is 5.89. The quantitative estimate of drug-likeness (QED) is 0.774. The van der Waals surface area contributed by atoms with Crippen LogP contribution in [0.4, 0.5) is 0 Å². The van der Waals surface area contributed by atoms with Crippen molar-refractivity contribution in [2.24, 2.45) is 5.92 Å². The van der Waals surface area contributed by atoms with E-state index in [-0.39, 0.29) is 17.7 Å². The summed E-state index contributed by atoms with van der Waals surface area (Å²) >= 11 is 0. The zero-order valence-corrected chi connectivity index (χ0v) is 15.2. The van der Waals surface area contributed by atoms with Crippen LogP contribution in [0.5, 0.6) is 11.5 Å². The van der Waals surface area contributed by atoms with Crippen molar-refractivity contribution in [3.05, 3.63) is 48.0 Å². The van der Waals surface area contributed by atoms with E-state index in [0.29, 0.717) is 24.7 Å². The van der Waals surface area contributed by atoms with E-state index in [1.54, 1.807) is 0 Å². The molecule has 1 aromatic heterocycles. The van der Waals surface area contributed by atoms with Gasteiger partial charge in [0.15, 0.2) is 23.8 Å². The average Bonchev–Trinajstić information content (AvgIpc) is 2.70. The largest absolute Gasteiger partial charge is 0.486 e. The summed E-state index contributed by atoms with van der Waals surface area (Å²) in [4.78, 5) is 31.8. The first-order chi connectivity index (χ1) is 13.0. The molecule has 142 valence electrons. The van der Waals surface area contributed by atoms with Gasteiger partial charge in [-0.25, -0.2) is 9.78 Å². The van der Waals surface area contributed by atoms with Gasteiger partial charge in [0, 0.05) is 12.4 Å². The number of benzene rings is 1. The number of fused-ring (bicyclic) bond motifs is 1. The van der Waals surface area contributed by atoms with E-state index in [4.69, 9.17) is 14.2 Å². The standard InChI is InChI=1S/C19H21N3O5/c1-12(2)18(13-3-4-15-16(9-13)26-8-7-25-15)22-17(23)11-27-19(24)14-10-20-5-6-21-14/h3-6,9-10,12,18H,7-8,11H2,1-2H3,(H,22,23)/t18-/m1/s1. The molecule has 1 atom stereocenters. The Morgan fingerprint density at radius 2 is 1.96 bits per heavy atom. The van der Waals surface area contributed by atoms with Crippen molar-refractivity contribution in [3.63, 3.8) is 0 Å². The van der Waals surface area contributed by atoms with Gasteiger partial charge < -0.3 is 19.5 Å². The molecule has 1 aliphatic heterocycles. The third-order valence-corrected chi connectivity index (χ3v) is 4.02. The van der Waals surface area contributed by atoms with Crippen LogP contribution in [0.3, 0.4) is 0 Å². The zero-order chi connectivity index (χ0) is 19.2. The maximum absolute atomic E-state index is 12.3. The molecular weight excluding hydrogens is 350 g/mol. The topological polar surface area (TPSA) is 99.6 Å². The lowest BCUT2D eigenvalue weighted by molar-refractivity contribution is -0.125. The van der Waals surface area contributed by atoms with Crippen LogP contribution in [0.25, 0.3) is 0 Å². The van der Waals surface area contributed by atoms with E-state index < -0.39 is 18.5 Å². The van der Waals surface area contributed by atoms with Gasteiger partial charge in [0.1, 0.15) is 13.2 Å². The molecule has 0 saturated heterocycles. The third kappa shape index (κ3) is 4.72. The van der Waals surface area contributed by atoms with Crippen LogP contribution in [-0.4, -0.2) is 41.7 Å². The molecule has 2 aromatic rings. The molecule has 0 spiro atoms. The van der Waals surface area contributed by atoms with Gasteiger partial charge in [-0.2, -0.15) is 0 Å². The maximum atomic E-state index is 12.3. The minimum absolute atomic E-state index is 0.0533. The predicted octanol–water partition coefficient (Wildman–Crippen LogP) is 1.92. The van der Waals surface area contributed by atoms with Crippen LogP contribution in [0.1, 0.15) is 35.9 Å². The molecule has 0 aliphatic carbocycles. The maximum Gasteiger partial charge on any atom is 0.359 e. The van der Waals surface area contributed by atoms with E-state index in [1.165, 1.54) is 18.6 Å². The van der Waals surface area contributed by atoms with Crippen LogP contribution < -0.4 is 14.8 Å². The van der Waals surface area contributed by atoms with Gasteiger partial charge in [-0.1, -0.05) is 19.9 Å². The summed E-state index contributed by atoms with van der Waals surface area (Å²) in [5, 5.41) is 2.90. The first kappa shape index (κ1) is 18.6. The number of esters is 1. The van der Waals surface area contributed by atoms with E-state index in [9.17, 15) is 9.59 Å². The molecule has 0 saturated carbocycles. The van der Waals surface area contributed by atoms with Gasteiger partial charge in [0.25, 0.3) is 5.91 Å². The van der Waals surface area contributed by atoms with E-state index in [0.717, 1.165) is 5.56 Å². The second-order valence-electron chi connectivity index (χ2n) is 6.36. The van der Waals surface area contributed by atoms with Crippen LogP contribution in [-0.2, 0) is 9.53 Å². The Hall–Kier alpha value is -3.16. The van der Waals surface area contributed by atoms with Crippen LogP contribution in [0.2, 0.25) is 0 Å². The number of hydrogen-bond donors (Lipinski definition) is 1. The Kier molecular flexibility index (Phi) is 5.85. The summed E-state index contributed by atoms with van der Waals surface area (Å²) in [5.74, 6) is 0.371. The van der Waals surface area contributed by atoms with E-state index >= 15 is 0 Å². The summed E-state index contributed by atoms with van der Waals surface area (Å²) in [7, 11) is 0. The summed E-state index contributed by atoms with van der Waals surface area (Å²) < 4.78 is 16.1. The van der Waals surface area contributed by atoms with Gasteiger partial charge in [-0.15, -0.1) is 0 Å². The Labute approximate surface area is 156 Å². The Bertz CT molecular complexity index is 810. The summed E-state index contributed by atoms with van der Waals surface area (Å²) in [5.41, 5.74) is 0.945. The van der Waals surface area contributed by atoms with Crippen LogP contribution in [0.15, 0.2) is 36.8 Å². The minimum Gasteiger partial charge on any atom is -0.486 e. The fourth-order valence-electron chi connectivity index (χ4n) is 2.71. The number of carbonyl (C=O) groups is 2. The third-order valence-electron chi connectivity index (χ3n) is 4.02. The van der Waals surface area contributed by atoms with Crippen molar-refractivity contribution in [2.75, 3.05) is 19.8 Å². The molecule has 0 fully saturated rings. The monoisotopic (exact) mass is 371 g/mol. The lowest BCUT2D eigenvalue weighted by Crippen LogP contribution is -2.35. The van der Waals surface area contributed by atoms with Gasteiger partial charge in [-0.3, -0.25) is 9.78 Å². The van der Waals surface area contributed by atoms with Gasteiger partial charge >= 0.3 is 5.97 Å². The van der Waals surface area contributed by atoms with Crippen LogP contribution >= 0.6 is 0 Å². The van der Waals surface area contributed by atoms with Crippen LogP contribution in [0, 0.1) is 5.92 Å². The molecule has 1 aromatic carbocycles. The highest BCUT2D eigenvalue weighted by Gasteiger charge is 2.22. The van der Waals surface area contributed by atoms with Gasteiger partial charge in [-0.05, 0) is 23.6 Å². The number of ether oxygens (including phenoxy) is 3. The van der Waals surface area contributed by atoms with Crippen molar-refractivity contribution in [3.8, 4) is 11.5 Å². The Morgan fingerprint density at radius 3 is 2.67 bits per heavy atom. The van der Waals surface area contributed by atoms with Gasteiger partial charge in [0.05, 0.1) is 12.2 Å². The highest BCUT2D eigenvalue weighted by Crippen LogP contribution is 2.34. The van der Waals surface area contributed by atoms with Gasteiger partial charge in [0.2, 0.25) is 0 Å². The molecule has 1 amide bonds. The van der Waals surface area contributed by atoms with Crippen molar-refractivity contribution >= 4 is 11.9 Å². The fourth-order valence-corrected chi connectivity index (χ4v) is 2.71. The Morgan fingerprint density at radius 1 is 1.19 bits per heavy atom. The molecule has 0 unspecified atom stereocenters. The average molecular weight is 371 g/mol. The zero-order valence-electron chi connectivity index (χ0n) is 15.2. The number of nitrogens with one attached hydrogen (secondary N) is 1. The molecule has 8 heteroatoms. The van der Waals surface area contributed by atoms with Crippen molar-refractivity contribution in [1.82, 2.24) is 15.3 Å². The molecular formula is C19H21N3O5. The minimum atomic E-state index is -0.696. The summed E-state index contributed by atoms with van der Waals surface area (Å²) in [6, 6.07) is 5.33. The van der Waals surface area contributed by atoms with Crippen molar-refractivity contribution in [1.29, 1.82) is 0 Å². The molecule has 3 rings (SSSR count). The number of hydrogen-bond acceptors (Lipinski definition) is 7. The lowest BCUT2D eigenvalue weighted by atomic mass is 9.95. The van der Waals surface area contributed by atoms with E-state index in [2.05, 4.69) is 15.3 Å². The number of nitrogens with zero attached hydrogens (tertiary/aromatic N) is 2. The molecule has 0 bridgehead atoms. The number of aromatic nitrogens is 2. The number of carbonyl (C=O) groups excluding carboxylic acids is 2. The normalized spacial score (nSPS) is 13.7. The molecule has 27 heavy (non-hydrogen) atoms. The lowest BCUT2D eigenvalue weighted by Gasteiger charge is -2.25. The van der Waals surface area contributed by atoms with E-state index in [1.807, 2.05) is 32.0 Å². The first-order valence-electron chi connectivity index (χ1n) is 8.66. The number of rotatable bonds is 6. The van der Waals surface area contributed by atoms with Crippen molar-refractivity contribution in [2.45, 2.75) is 19.9 Å². The molecule has 2 heterocycles. The predicted molar refractivity (Wildman–Crippen MR) is 95.5 cm³/mol. The second kappa shape index (κ2) is 8.48. The first-order valence-corrected chi connectivity index (χ1v) is 8.66. The second-order valence-corrected chi connectivity index (χ2v) is 6.36. The highest BCUT2D eigenvalue weighted by atomic mass is 16.6. The van der Waals surface area contributed by atoms with Crippen molar-refractivity contribution < 1.29 is 23.8 Å². The fraction of sp³-hybridized carbons (Fsp3) is 0.368.